The molecule has 10 heteroatoms. The van der Waals surface area contributed by atoms with Gasteiger partial charge in [0.15, 0.2) is 0 Å². The second kappa shape index (κ2) is 11.5. The van der Waals surface area contributed by atoms with E-state index in [1.807, 2.05) is 18.3 Å². The van der Waals surface area contributed by atoms with E-state index in [0.717, 1.165) is 61.7 Å². The zero-order valence-corrected chi connectivity index (χ0v) is 23.3. The number of pyridine rings is 1. The summed E-state index contributed by atoms with van der Waals surface area (Å²) in [6.07, 6.45) is 10.9. The number of anilines is 3. The van der Waals surface area contributed by atoms with Crippen molar-refractivity contribution in [1.82, 2.24) is 34.6 Å². The van der Waals surface area contributed by atoms with Gasteiger partial charge in [0.1, 0.15) is 17.2 Å². The third kappa shape index (κ3) is 5.72. The molecule has 3 aromatic heterocycles. The fraction of sp³-hybridized carbons (Fsp3) is 0.586. The molecule has 6 rings (SSSR count). The first-order valence-electron chi connectivity index (χ1n) is 14.6. The summed E-state index contributed by atoms with van der Waals surface area (Å²) in [7, 11) is 3.59. The van der Waals surface area contributed by atoms with Crippen molar-refractivity contribution >= 4 is 34.4 Å². The lowest BCUT2D eigenvalue weighted by molar-refractivity contribution is 0.0815. The number of fused-ring (bicyclic) bond motifs is 1. The molecular formula is C29H41N9O. The summed E-state index contributed by atoms with van der Waals surface area (Å²) in [4.78, 5) is 33.7. The maximum atomic E-state index is 13.0. The van der Waals surface area contributed by atoms with Gasteiger partial charge in [-0.3, -0.25) is 9.69 Å². The van der Waals surface area contributed by atoms with Gasteiger partial charge in [-0.25, -0.2) is 9.97 Å². The Balaban J connectivity index is 1.12. The van der Waals surface area contributed by atoms with E-state index in [1.165, 1.54) is 45.3 Å². The lowest BCUT2D eigenvalue weighted by Crippen LogP contribution is -2.48. The molecule has 1 saturated carbocycles. The molecule has 2 saturated heterocycles. The zero-order valence-electron chi connectivity index (χ0n) is 23.3. The number of amides is 1. The zero-order chi connectivity index (χ0) is 26.8. The van der Waals surface area contributed by atoms with Gasteiger partial charge < -0.3 is 25.0 Å². The van der Waals surface area contributed by atoms with Gasteiger partial charge in [0.25, 0.3) is 5.91 Å². The fourth-order valence-corrected chi connectivity index (χ4v) is 6.37. The molecule has 1 amide bonds. The third-order valence-electron chi connectivity index (χ3n) is 8.59. The molecule has 10 nitrogen and oxygen atoms in total. The van der Waals surface area contributed by atoms with Gasteiger partial charge in [0.2, 0.25) is 5.95 Å². The topological polar surface area (TPSA) is 94.5 Å². The Hall–Kier alpha value is -3.24. The molecule has 0 aromatic carbocycles. The van der Waals surface area contributed by atoms with Crippen molar-refractivity contribution in [3.8, 4) is 0 Å². The second-order valence-corrected chi connectivity index (χ2v) is 11.5. The second-order valence-electron chi connectivity index (χ2n) is 11.5. The molecule has 0 spiro atoms. The number of hydrogen-bond acceptors (Lipinski definition) is 8. The molecular weight excluding hydrogens is 490 g/mol. The van der Waals surface area contributed by atoms with Crippen LogP contribution in [0, 0.1) is 5.92 Å². The van der Waals surface area contributed by atoms with E-state index < -0.39 is 0 Å². The van der Waals surface area contributed by atoms with Crippen molar-refractivity contribution in [2.45, 2.75) is 44.6 Å². The first kappa shape index (κ1) is 26.0. The summed E-state index contributed by atoms with van der Waals surface area (Å²) >= 11 is 0. The third-order valence-corrected chi connectivity index (χ3v) is 8.59. The number of aromatic nitrogens is 4. The Labute approximate surface area is 230 Å². The van der Waals surface area contributed by atoms with E-state index in [-0.39, 0.29) is 5.91 Å². The molecule has 3 aliphatic rings. The average molecular weight is 532 g/mol. The fourth-order valence-electron chi connectivity index (χ4n) is 6.37. The van der Waals surface area contributed by atoms with Gasteiger partial charge in [0, 0.05) is 64.4 Å². The number of hydrogen-bond donors (Lipinski definition) is 2. The Morgan fingerprint density at radius 2 is 1.79 bits per heavy atom. The van der Waals surface area contributed by atoms with E-state index in [2.05, 4.69) is 41.0 Å². The molecule has 0 radical (unpaired) electrons. The molecule has 2 N–H and O–H groups in total. The van der Waals surface area contributed by atoms with Gasteiger partial charge in [-0.15, -0.1) is 0 Å². The highest BCUT2D eigenvalue weighted by atomic mass is 16.2. The molecule has 0 atom stereocenters. The summed E-state index contributed by atoms with van der Waals surface area (Å²) in [5, 5.41) is 7.64. The van der Waals surface area contributed by atoms with Crippen molar-refractivity contribution in [3.05, 3.63) is 36.3 Å². The van der Waals surface area contributed by atoms with Crippen molar-refractivity contribution < 1.29 is 4.79 Å². The van der Waals surface area contributed by atoms with E-state index in [1.54, 1.807) is 25.2 Å². The Bertz CT molecular complexity index is 1270. The maximum Gasteiger partial charge on any atom is 0.270 e. The lowest BCUT2D eigenvalue weighted by atomic mass is 9.97. The largest absolute Gasteiger partial charge is 0.368 e. The first-order chi connectivity index (χ1) is 19.0. The smallest absolute Gasteiger partial charge is 0.270 e. The number of piperidine rings is 1. The molecule has 208 valence electrons. The van der Waals surface area contributed by atoms with E-state index in [4.69, 9.17) is 4.98 Å². The van der Waals surface area contributed by atoms with Crippen LogP contribution in [-0.4, -0.2) is 95.1 Å². The van der Waals surface area contributed by atoms with Gasteiger partial charge >= 0.3 is 0 Å². The summed E-state index contributed by atoms with van der Waals surface area (Å²) in [6.45, 7) is 7.85. The number of rotatable bonds is 7. The quantitative estimate of drug-likeness (QED) is 0.479. The van der Waals surface area contributed by atoms with Crippen LogP contribution in [0.5, 0.6) is 0 Å². The Kier molecular flexibility index (Phi) is 7.65. The highest BCUT2D eigenvalue weighted by molar-refractivity contribution is 5.97. The lowest BCUT2D eigenvalue weighted by Gasteiger charge is -2.38. The molecule has 1 aliphatic carbocycles. The van der Waals surface area contributed by atoms with Crippen LogP contribution in [0.2, 0.25) is 0 Å². The Morgan fingerprint density at radius 1 is 1.03 bits per heavy atom. The van der Waals surface area contributed by atoms with Crippen LogP contribution in [0.4, 0.5) is 17.5 Å². The van der Waals surface area contributed by atoms with Crippen LogP contribution in [0.15, 0.2) is 30.6 Å². The van der Waals surface area contributed by atoms with Gasteiger partial charge in [-0.1, -0.05) is 12.8 Å². The van der Waals surface area contributed by atoms with Crippen LogP contribution in [-0.2, 0) is 0 Å². The van der Waals surface area contributed by atoms with Gasteiger partial charge in [0.05, 0.1) is 11.9 Å². The molecule has 0 bridgehead atoms. The van der Waals surface area contributed by atoms with Crippen molar-refractivity contribution in [2.75, 3.05) is 70.1 Å². The number of carbonyl (C=O) groups excluding carboxylic acids is 1. The highest BCUT2D eigenvalue weighted by Crippen LogP contribution is 2.35. The number of carbonyl (C=O) groups is 1. The maximum absolute atomic E-state index is 13.0. The molecule has 2 aliphatic heterocycles. The molecule has 0 unspecified atom stereocenters. The first-order valence-corrected chi connectivity index (χ1v) is 14.6. The molecule has 3 aromatic rings. The van der Waals surface area contributed by atoms with Crippen molar-refractivity contribution in [3.63, 3.8) is 0 Å². The summed E-state index contributed by atoms with van der Waals surface area (Å²) in [5.74, 6) is 2.05. The molecule has 39 heavy (non-hydrogen) atoms. The van der Waals surface area contributed by atoms with Gasteiger partial charge in [-0.2, -0.15) is 4.98 Å². The van der Waals surface area contributed by atoms with Gasteiger partial charge in [-0.05, 0) is 62.9 Å². The van der Waals surface area contributed by atoms with Crippen LogP contribution in [0.1, 0.15) is 55.1 Å². The summed E-state index contributed by atoms with van der Waals surface area (Å²) < 4.78 is 2.14. The number of piperazine rings is 1. The monoisotopic (exact) mass is 531 g/mol. The summed E-state index contributed by atoms with van der Waals surface area (Å²) in [5.41, 5.74) is 2.65. The molecule has 3 fully saturated rings. The number of nitrogens with one attached hydrogen (secondary N) is 2. The SMILES string of the molecule is CN(C)C(=O)c1cc2cnc(Nc3ccc(N4CCN(CC5CCNCC5)CC4)cn3)nc2n1C1CCCC1. The predicted molar refractivity (Wildman–Crippen MR) is 155 cm³/mol. The highest BCUT2D eigenvalue weighted by Gasteiger charge is 2.27. The van der Waals surface area contributed by atoms with Crippen molar-refractivity contribution in [2.24, 2.45) is 5.92 Å². The molecule has 5 heterocycles. The van der Waals surface area contributed by atoms with Crippen LogP contribution in [0.25, 0.3) is 11.0 Å². The van der Waals surface area contributed by atoms with Crippen LogP contribution >= 0.6 is 0 Å². The van der Waals surface area contributed by atoms with E-state index >= 15 is 0 Å². The standard InChI is InChI=1S/C29H41N9O/c1-35(2)28(39)25-17-22-18-32-29(34-27(22)38(25)23-5-3-4-6-23)33-26-8-7-24(19-31-26)37-15-13-36(14-16-37)20-21-9-11-30-12-10-21/h7-8,17-19,21,23,30H,3-6,9-16,20H2,1-2H3,(H,31,32,33,34). The Morgan fingerprint density at radius 3 is 2.49 bits per heavy atom. The predicted octanol–water partition coefficient (Wildman–Crippen LogP) is 3.51. The minimum Gasteiger partial charge on any atom is -0.368 e. The van der Waals surface area contributed by atoms with E-state index in [0.29, 0.717) is 23.5 Å². The minimum atomic E-state index is -0.00113. The van der Waals surface area contributed by atoms with Crippen LogP contribution < -0.4 is 15.5 Å². The normalized spacial score (nSPS) is 19.6. The summed E-state index contributed by atoms with van der Waals surface area (Å²) in [6, 6.07) is 6.35. The van der Waals surface area contributed by atoms with Crippen molar-refractivity contribution in [1.29, 1.82) is 0 Å². The minimum absolute atomic E-state index is 0.00113. The van der Waals surface area contributed by atoms with Crippen LogP contribution in [0.3, 0.4) is 0 Å². The average Bonchev–Trinajstić information content (AvgIpc) is 3.62. The number of nitrogens with zero attached hydrogens (tertiary/aromatic N) is 7. The van der Waals surface area contributed by atoms with E-state index in [9.17, 15) is 4.79 Å².